The van der Waals surface area contributed by atoms with Crippen LogP contribution in [0.4, 0.5) is 4.79 Å². The van der Waals surface area contributed by atoms with Crippen molar-refractivity contribution < 1.29 is 14.3 Å². The third kappa shape index (κ3) is 4.81. The molecular formula is C24H30N4O3. The van der Waals surface area contributed by atoms with E-state index in [0.717, 1.165) is 43.5 Å². The van der Waals surface area contributed by atoms with E-state index in [1.807, 2.05) is 35.2 Å². The van der Waals surface area contributed by atoms with Gasteiger partial charge in [0.1, 0.15) is 5.75 Å². The molecule has 2 N–H and O–H groups in total. The fraction of sp³-hybridized carbons (Fsp3) is 0.458. The van der Waals surface area contributed by atoms with Gasteiger partial charge in [0, 0.05) is 38.9 Å². The van der Waals surface area contributed by atoms with Gasteiger partial charge in [0.05, 0.1) is 0 Å². The van der Waals surface area contributed by atoms with Crippen LogP contribution in [0.3, 0.4) is 0 Å². The predicted molar refractivity (Wildman–Crippen MR) is 119 cm³/mol. The summed E-state index contributed by atoms with van der Waals surface area (Å²) in [5, 5.41) is 10.3. The van der Waals surface area contributed by atoms with Gasteiger partial charge < -0.3 is 25.3 Å². The molecule has 0 bridgehead atoms. The van der Waals surface area contributed by atoms with E-state index in [1.165, 1.54) is 6.21 Å². The zero-order valence-electron chi connectivity index (χ0n) is 17.8. The highest BCUT2D eigenvalue weighted by atomic mass is 16.5. The number of allylic oxidation sites excluding steroid dienone is 1. The topological polar surface area (TPSA) is 85.7 Å². The average Bonchev–Trinajstić information content (AvgIpc) is 3.32. The molecule has 31 heavy (non-hydrogen) atoms. The number of piperidine rings is 1. The molecule has 2 saturated heterocycles. The van der Waals surface area contributed by atoms with Crippen LogP contribution in [0.2, 0.25) is 0 Å². The molecule has 1 aromatic rings. The van der Waals surface area contributed by atoms with E-state index < -0.39 is 0 Å². The van der Waals surface area contributed by atoms with Crippen LogP contribution in [-0.4, -0.2) is 67.3 Å². The van der Waals surface area contributed by atoms with Crippen LogP contribution >= 0.6 is 0 Å². The lowest BCUT2D eigenvalue weighted by molar-refractivity contribution is -0.135. The van der Waals surface area contributed by atoms with E-state index >= 15 is 0 Å². The Labute approximate surface area is 183 Å². The van der Waals surface area contributed by atoms with E-state index in [-0.39, 0.29) is 24.0 Å². The minimum Gasteiger partial charge on any atom is -0.484 e. The first-order chi connectivity index (χ1) is 15.0. The van der Waals surface area contributed by atoms with Gasteiger partial charge in [-0.15, -0.1) is 0 Å². The van der Waals surface area contributed by atoms with Crippen LogP contribution in [-0.2, 0) is 4.79 Å². The standard InChI is InChI=1S/C24H30N4O3/c1-18-15-28(16-19(18)7-10-25)23(30)26-14-20-13-24(20)8-11-27(12-9-24)22(29)17-31-21-5-3-2-4-6-21/h2-7,10,20,25H,1,8-9,11-17H2,(H,26,30)/b19-7-,25-10?. The number of carbonyl (C=O) groups is 2. The van der Waals surface area contributed by atoms with Crippen molar-refractivity contribution in [2.24, 2.45) is 11.3 Å². The van der Waals surface area contributed by atoms with Crippen LogP contribution in [0, 0.1) is 16.7 Å². The highest BCUT2D eigenvalue weighted by molar-refractivity contribution is 5.78. The fourth-order valence-electron chi connectivity index (χ4n) is 4.73. The summed E-state index contributed by atoms with van der Waals surface area (Å²) in [7, 11) is 0. The zero-order valence-corrected chi connectivity index (χ0v) is 17.8. The molecule has 4 rings (SSSR count). The monoisotopic (exact) mass is 422 g/mol. The molecule has 2 aliphatic heterocycles. The Bertz CT molecular complexity index is 887. The largest absolute Gasteiger partial charge is 0.484 e. The number of urea groups is 1. The number of carbonyl (C=O) groups excluding carboxylic acids is 2. The number of para-hydroxylation sites is 1. The van der Waals surface area contributed by atoms with Crippen LogP contribution in [0.5, 0.6) is 5.75 Å². The molecule has 1 spiro atoms. The summed E-state index contributed by atoms with van der Waals surface area (Å²) in [5.41, 5.74) is 2.11. The van der Waals surface area contributed by atoms with Gasteiger partial charge in [0.25, 0.3) is 5.91 Å². The molecule has 0 aromatic heterocycles. The van der Waals surface area contributed by atoms with Crippen molar-refractivity contribution in [2.45, 2.75) is 19.3 Å². The van der Waals surface area contributed by atoms with Gasteiger partial charge in [-0.2, -0.15) is 0 Å². The van der Waals surface area contributed by atoms with Gasteiger partial charge >= 0.3 is 6.03 Å². The lowest BCUT2D eigenvalue weighted by Crippen LogP contribution is -2.43. The second kappa shape index (κ2) is 8.96. The van der Waals surface area contributed by atoms with Crippen molar-refractivity contribution in [1.82, 2.24) is 15.1 Å². The van der Waals surface area contributed by atoms with Gasteiger partial charge in [0.2, 0.25) is 0 Å². The molecule has 2 heterocycles. The third-order valence-electron chi connectivity index (χ3n) is 6.84. The van der Waals surface area contributed by atoms with E-state index in [4.69, 9.17) is 10.1 Å². The van der Waals surface area contributed by atoms with Gasteiger partial charge in [-0.3, -0.25) is 4.79 Å². The molecule has 164 valence electrons. The number of amides is 3. The summed E-state index contributed by atoms with van der Waals surface area (Å²) in [4.78, 5) is 28.6. The molecule has 3 amide bonds. The van der Waals surface area contributed by atoms with Crippen LogP contribution in [0.25, 0.3) is 0 Å². The first-order valence-corrected chi connectivity index (χ1v) is 10.9. The summed E-state index contributed by atoms with van der Waals surface area (Å²) in [5.74, 6) is 1.23. The SMILES string of the molecule is C=C1CN(C(=O)NCC2CC23CCN(C(=O)COc2ccccc2)CC3)C/C1=C/C=N. The molecule has 7 nitrogen and oxygen atoms in total. The maximum absolute atomic E-state index is 12.5. The van der Waals surface area contributed by atoms with Crippen molar-refractivity contribution in [3.05, 3.63) is 54.1 Å². The van der Waals surface area contributed by atoms with Gasteiger partial charge in [-0.1, -0.05) is 24.8 Å². The van der Waals surface area contributed by atoms with E-state index in [0.29, 0.717) is 31.3 Å². The minimum atomic E-state index is -0.0674. The lowest BCUT2D eigenvalue weighted by atomic mass is 9.91. The molecule has 1 saturated carbocycles. The lowest BCUT2D eigenvalue weighted by Gasteiger charge is -2.33. The molecule has 1 unspecified atom stereocenters. The number of likely N-dealkylation sites (tertiary alicyclic amines) is 2. The first kappa shape index (κ1) is 21.2. The van der Waals surface area contributed by atoms with Gasteiger partial charge in [-0.25, -0.2) is 4.79 Å². The van der Waals surface area contributed by atoms with Gasteiger partial charge in [0.15, 0.2) is 6.61 Å². The minimum absolute atomic E-state index is 0.0345. The highest BCUT2D eigenvalue weighted by Crippen LogP contribution is 2.59. The average molecular weight is 423 g/mol. The second-order valence-corrected chi connectivity index (χ2v) is 8.75. The Morgan fingerprint density at radius 3 is 2.65 bits per heavy atom. The maximum atomic E-state index is 12.5. The summed E-state index contributed by atoms with van der Waals surface area (Å²) in [6.45, 7) is 7.27. The number of rotatable bonds is 6. The van der Waals surface area contributed by atoms with Crippen molar-refractivity contribution >= 4 is 18.2 Å². The van der Waals surface area contributed by atoms with E-state index in [2.05, 4.69) is 11.9 Å². The number of hydrogen-bond donors (Lipinski definition) is 2. The first-order valence-electron chi connectivity index (χ1n) is 10.9. The van der Waals surface area contributed by atoms with Crippen molar-refractivity contribution in [1.29, 1.82) is 5.41 Å². The Hall–Kier alpha value is -3.09. The summed E-state index contributed by atoms with van der Waals surface area (Å²) < 4.78 is 5.59. The second-order valence-electron chi connectivity index (χ2n) is 8.75. The van der Waals surface area contributed by atoms with E-state index in [1.54, 1.807) is 11.0 Å². The molecule has 1 aromatic carbocycles. The number of benzene rings is 1. The van der Waals surface area contributed by atoms with Crippen molar-refractivity contribution in [2.75, 3.05) is 39.3 Å². The number of nitrogens with zero attached hydrogens (tertiary/aromatic N) is 2. The van der Waals surface area contributed by atoms with Gasteiger partial charge in [-0.05, 0) is 60.0 Å². The smallest absolute Gasteiger partial charge is 0.318 e. The number of hydrogen-bond acceptors (Lipinski definition) is 4. The Morgan fingerprint density at radius 1 is 1.19 bits per heavy atom. The predicted octanol–water partition coefficient (Wildman–Crippen LogP) is 2.85. The van der Waals surface area contributed by atoms with Crippen molar-refractivity contribution in [3.63, 3.8) is 0 Å². The quantitative estimate of drug-likeness (QED) is 0.692. The molecule has 1 aliphatic carbocycles. The highest BCUT2D eigenvalue weighted by Gasteiger charge is 2.54. The van der Waals surface area contributed by atoms with Crippen molar-refractivity contribution in [3.8, 4) is 5.75 Å². The zero-order chi connectivity index (χ0) is 21.8. The maximum Gasteiger partial charge on any atom is 0.318 e. The normalized spacial score (nSPS) is 23.2. The Balaban J connectivity index is 1.17. The fourth-order valence-corrected chi connectivity index (χ4v) is 4.73. The molecule has 7 heteroatoms. The molecule has 1 atom stereocenters. The molecule has 3 aliphatic rings. The summed E-state index contributed by atoms with van der Waals surface area (Å²) in [6, 6.07) is 9.34. The molecule has 3 fully saturated rings. The third-order valence-corrected chi connectivity index (χ3v) is 6.84. The molecule has 0 radical (unpaired) electrons. The Kier molecular flexibility index (Phi) is 6.11. The number of ether oxygens (including phenoxy) is 1. The Morgan fingerprint density at radius 2 is 1.94 bits per heavy atom. The number of nitrogens with one attached hydrogen (secondary N) is 2. The summed E-state index contributed by atoms with van der Waals surface area (Å²) >= 11 is 0. The van der Waals surface area contributed by atoms with E-state index in [9.17, 15) is 9.59 Å². The summed E-state index contributed by atoms with van der Waals surface area (Å²) in [6.07, 6.45) is 6.02. The van der Waals surface area contributed by atoms with Crippen LogP contribution in [0.15, 0.2) is 54.1 Å². The molecular weight excluding hydrogens is 392 g/mol. The van der Waals surface area contributed by atoms with Crippen LogP contribution < -0.4 is 10.1 Å². The van der Waals surface area contributed by atoms with Crippen LogP contribution in [0.1, 0.15) is 19.3 Å².